The Morgan fingerprint density at radius 1 is 1.19 bits per heavy atom. The Morgan fingerprint density at radius 2 is 2.06 bits per heavy atom. The number of carbonyl (C=O) groups excluding carboxylic acids is 2. The summed E-state index contributed by atoms with van der Waals surface area (Å²) in [4.78, 5) is 29.0. The predicted molar refractivity (Wildman–Crippen MR) is 119 cm³/mol. The lowest BCUT2D eigenvalue weighted by Crippen LogP contribution is -2.34. The molecule has 6 nitrogen and oxygen atoms in total. The lowest BCUT2D eigenvalue weighted by atomic mass is 9.88. The van der Waals surface area contributed by atoms with E-state index in [1.807, 2.05) is 47.8 Å². The Morgan fingerprint density at radius 3 is 2.94 bits per heavy atom. The van der Waals surface area contributed by atoms with E-state index >= 15 is 0 Å². The maximum Gasteiger partial charge on any atom is 0.312 e. The summed E-state index contributed by atoms with van der Waals surface area (Å²) in [6.45, 7) is -0.287. The van der Waals surface area contributed by atoms with Crippen molar-refractivity contribution in [1.82, 2.24) is 10.3 Å². The van der Waals surface area contributed by atoms with Gasteiger partial charge in [-0.25, -0.2) is 4.98 Å². The molecule has 7 heteroatoms. The first-order chi connectivity index (χ1) is 15.1. The number of aromatic nitrogens is 1. The van der Waals surface area contributed by atoms with Crippen molar-refractivity contribution in [2.24, 2.45) is 0 Å². The van der Waals surface area contributed by atoms with Crippen LogP contribution in [0.25, 0.3) is 10.6 Å². The molecule has 0 unspecified atom stereocenters. The lowest BCUT2D eigenvalue weighted by Gasteiger charge is -2.26. The van der Waals surface area contributed by atoms with Gasteiger partial charge in [0, 0.05) is 10.9 Å². The fourth-order valence-electron chi connectivity index (χ4n) is 3.76. The van der Waals surface area contributed by atoms with Gasteiger partial charge in [-0.15, -0.1) is 11.3 Å². The first-order valence-corrected chi connectivity index (χ1v) is 11.1. The molecule has 0 saturated heterocycles. The van der Waals surface area contributed by atoms with Crippen LogP contribution in [0.5, 0.6) is 5.75 Å². The van der Waals surface area contributed by atoms with Gasteiger partial charge in [-0.1, -0.05) is 36.4 Å². The summed E-state index contributed by atoms with van der Waals surface area (Å²) in [5, 5.41) is 5.62. The number of esters is 1. The van der Waals surface area contributed by atoms with Crippen LogP contribution in [0.2, 0.25) is 0 Å². The zero-order valence-electron chi connectivity index (χ0n) is 17.3. The van der Waals surface area contributed by atoms with Gasteiger partial charge in [0.05, 0.1) is 25.3 Å². The molecule has 0 bridgehead atoms. The minimum Gasteiger partial charge on any atom is -0.497 e. The Bertz CT molecular complexity index is 1080. The summed E-state index contributed by atoms with van der Waals surface area (Å²) < 4.78 is 10.4. The van der Waals surface area contributed by atoms with E-state index in [4.69, 9.17) is 9.47 Å². The van der Waals surface area contributed by atoms with E-state index in [-0.39, 0.29) is 25.0 Å². The second-order valence-corrected chi connectivity index (χ2v) is 8.28. The highest BCUT2D eigenvalue weighted by molar-refractivity contribution is 7.13. The summed E-state index contributed by atoms with van der Waals surface area (Å²) in [5.41, 5.74) is 3.97. The number of amides is 1. The van der Waals surface area contributed by atoms with Crippen LogP contribution in [0.3, 0.4) is 0 Å². The predicted octanol–water partition coefficient (Wildman–Crippen LogP) is 4.10. The highest BCUT2D eigenvalue weighted by Gasteiger charge is 2.22. The number of carbonyl (C=O) groups is 2. The van der Waals surface area contributed by atoms with Crippen molar-refractivity contribution in [3.8, 4) is 16.3 Å². The fourth-order valence-corrected chi connectivity index (χ4v) is 4.58. The molecule has 3 aromatic rings. The molecule has 1 aromatic heterocycles. The van der Waals surface area contributed by atoms with Crippen LogP contribution < -0.4 is 10.1 Å². The van der Waals surface area contributed by atoms with E-state index in [1.54, 1.807) is 7.11 Å². The molecule has 2 aromatic carbocycles. The molecule has 0 saturated carbocycles. The van der Waals surface area contributed by atoms with E-state index in [0.717, 1.165) is 41.1 Å². The normalized spacial score (nSPS) is 15.1. The summed E-state index contributed by atoms with van der Waals surface area (Å²) in [6.07, 6.45) is 2.98. The molecule has 1 amide bonds. The number of hydrogen-bond donors (Lipinski definition) is 1. The first-order valence-electron chi connectivity index (χ1n) is 10.2. The van der Waals surface area contributed by atoms with Gasteiger partial charge in [0.25, 0.3) is 5.91 Å². The number of fused-ring (bicyclic) bond motifs is 1. The number of rotatable bonds is 7. The summed E-state index contributed by atoms with van der Waals surface area (Å²) in [5.74, 6) is -0.00708. The van der Waals surface area contributed by atoms with E-state index in [1.165, 1.54) is 16.9 Å². The molecule has 0 radical (unpaired) electrons. The van der Waals surface area contributed by atoms with Crippen LogP contribution >= 0.6 is 11.3 Å². The number of methoxy groups -OCH3 is 1. The number of aryl methyl sites for hydroxylation is 1. The highest BCUT2D eigenvalue weighted by atomic mass is 32.1. The maximum atomic E-state index is 12.3. The number of thiazole rings is 1. The second-order valence-electron chi connectivity index (χ2n) is 7.42. The van der Waals surface area contributed by atoms with E-state index < -0.39 is 5.97 Å². The highest BCUT2D eigenvalue weighted by Crippen LogP contribution is 2.29. The Balaban J connectivity index is 1.28. The number of ether oxygens (including phenoxy) is 2. The summed E-state index contributed by atoms with van der Waals surface area (Å²) in [7, 11) is 1.62. The third-order valence-electron chi connectivity index (χ3n) is 5.26. The van der Waals surface area contributed by atoms with Gasteiger partial charge in [0.1, 0.15) is 10.8 Å². The van der Waals surface area contributed by atoms with Gasteiger partial charge in [0.2, 0.25) is 0 Å². The number of benzene rings is 2. The average Bonchev–Trinajstić information content (AvgIpc) is 3.26. The van der Waals surface area contributed by atoms with Crippen molar-refractivity contribution in [3.63, 3.8) is 0 Å². The van der Waals surface area contributed by atoms with Crippen LogP contribution in [-0.4, -0.2) is 30.6 Å². The Labute approximate surface area is 185 Å². The molecule has 1 N–H and O–H groups in total. The molecule has 0 aliphatic heterocycles. The molecular formula is C24H24N2O4S. The van der Waals surface area contributed by atoms with Crippen LogP contribution in [0.15, 0.2) is 53.9 Å². The van der Waals surface area contributed by atoms with Gasteiger partial charge in [-0.3, -0.25) is 9.59 Å². The van der Waals surface area contributed by atoms with Crippen molar-refractivity contribution in [2.45, 2.75) is 31.7 Å². The third kappa shape index (κ3) is 5.30. The van der Waals surface area contributed by atoms with Crippen LogP contribution in [0, 0.1) is 0 Å². The summed E-state index contributed by atoms with van der Waals surface area (Å²) >= 11 is 1.45. The molecule has 0 spiro atoms. The molecule has 4 rings (SSSR count). The van der Waals surface area contributed by atoms with E-state index in [0.29, 0.717) is 5.69 Å². The smallest absolute Gasteiger partial charge is 0.312 e. The minimum absolute atomic E-state index is 0.0277. The third-order valence-corrected chi connectivity index (χ3v) is 6.20. The van der Waals surface area contributed by atoms with E-state index in [2.05, 4.69) is 16.4 Å². The molecule has 1 aliphatic rings. The number of hydrogen-bond acceptors (Lipinski definition) is 6. The van der Waals surface area contributed by atoms with Crippen molar-refractivity contribution < 1.29 is 19.1 Å². The molecule has 1 atom stereocenters. The van der Waals surface area contributed by atoms with Crippen molar-refractivity contribution in [2.75, 3.05) is 13.7 Å². The molecule has 1 aliphatic carbocycles. The van der Waals surface area contributed by atoms with Crippen molar-refractivity contribution in [1.29, 1.82) is 0 Å². The number of nitrogens with one attached hydrogen (secondary N) is 1. The average molecular weight is 437 g/mol. The zero-order valence-corrected chi connectivity index (χ0v) is 18.1. The second kappa shape index (κ2) is 9.75. The molecule has 160 valence electrons. The van der Waals surface area contributed by atoms with Crippen LogP contribution in [0.1, 0.15) is 35.7 Å². The summed E-state index contributed by atoms with van der Waals surface area (Å²) in [6, 6.07) is 15.7. The quantitative estimate of drug-likeness (QED) is 0.564. The van der Waals surface area contributed by atoms with Gasteiger partial charge in [0.15, 0.2) is 6.61 Å². The van der Waals surface area contributed by atoms with Crippen LogP contribution in [-0.2, 0) is 27.2 Å². The first kappa shape index (κ1) is 21.1. The largest absolute Gasteiger partial charge is 0.497 e. The molecule has 1 heterocycles. The molecule has 0 fully saturated rings. The Kier molecular flexibility index (Phi) is 6.62. The maximum absolute atomic E-state index is 12.3. The zero-order chi connectivity index (χ0) is 21.6. The van der Waals surface area contributed by atoms with Crippen molar-refractivity contribution in [3.05, 3.63) is 70.7 Å². The molecular weight excluding hydrogens is 412 g/mol. The lowest BCUT2D eigenvalue weighted by molar-refractivity contribution is -0.148. The van der Waals surface area contributed by atoms with Gasteiger partial charge < -0.3 is 14.8 Å². The molecule has 31 heavy (non-hydrogen) atoms. The van der Waals surface area contributed by atoms with Crippen molar-refractivity contribution >= 4 is 23.2 Å². The fraction of sp³-hybridized carbons (Fsp3) is 0.292. The standard InChI is InChI=1S/C24H24N2O4S/c1-29-19-9-4-8-17(12-19)24-25-18(15-31-24)13-23(28)30-14-22(27)26-21-11-5-7-16-6-2-3-10-20(16)21/h2-4,6,8-10,12,15,21H,5,7,11,13-14H2,1H3,(H,26,27)/t21-/m1/s1. The van der Waals surface area contributed by atoms with E-state index in [9.17, 15) is 9.59 Å². The monoisotopic (exact) mass is 436 g/mol. The van der Waals surface area contributed by atoms with Gasteiger partial charge in [-0.05, 0) is 42.5 Å². The Hall–Kier alpha value is -3.19. The topological polar surface area (TPSA) is 77.5 Å². The number of nitrogens with zero attached hydrogens (tertiary/aromatic N) is 1. The van der Waals surface area contributed by atoms with Gasteiger partial charge >= 0.3 is 5.97 Å². The van der Waals surface area contributed by atoms with Crippen LogP contribution in [0.4, 0.5) is 0 Å². The minimum atomic E-state index is -0.471. The van der Waals surface area contributed by atoms with Gasteiger partial charge in [-0.2, -0.15) is 0 Å². The SMILES string of the molecule is COc1cccc(-c2nc(CC(=O)OCC(=O)N[C@@H]3CCCc4ccccc43)cs2)c1.